The smallest absolute Gasteiger partial charge is 0.0948 e. The number of rotatable bonds is 4. The lowest BCUT2D eigenvalue weighted by atomic mass is 9.85. The van der Waals surface area contributed by atoms with E-state index in [1.165, 1.54) is 44.9 Å². The van der Waals surface area contributed by atoms with E-state index in [0.717, 1.165) is 5.92 Å². The van der Waals surface area contributed by atoms with Crippen molar-refractivity contribution in [2.24, 2.45) is 5.92 Å². The highest BCUT2D eigenvalue weighted by Crippen LogP contribution is 2.29. The Morgan fingerprint density at radius 3 is 2.80 bits per heavy atom. The van der Waals surface area contributed by atoms with Gasteiger partial charge in [-0.05, 0) is 25.7 Å². The molecular formula is C13H22N2. The van der Waals surface area contributed by atoms with Gasteiger partial charge in [0.15, 0.2) is 0 Å². The van der Waals surface area contributed by atoms with E-state index < -0.39 is 0 Å². The lowest BCUT2D eigenvalue weighted by Crippen LogP contribution is -2.09. The molecule has 1 heterocycles. The first-order valence-electron chi connectivity index (χ1n) is 6.33. The zero-order valence-corrected chi connectivity index (χ0v) is 9.73. The van der Waals surface area contributed by atoms with Crippen LogP contribution in [0.4, 0.5) is 0 Å². The summed E-state index contributed by atoms with van der Waals surface area (Å²) in [6.07, 6.45) is 15.9. The van der Waals surface area contributed by atoms with Crippen molar-refractivity contribution in [2.75, 3.05) is 0 Å². The fraction of sp³-hybridized carbons (Fsp3) is 0.769. The van der Waals surface area contributed by atoms with Crippen molar-refractivity contribution in [3.8, 4) is 0 Å². The molecule has 0 amide bonds. The van der Waals surface area contributed by atoms with E-state index in [2.05, 4.69) is 22.7 Å². The third kappa shape index (κ3) is 3.08. The zero-order chi connectivity index (χ0) is 10.5. The predicted octanol–water partition coefficient (Wildman–Crippen LogP) is 3.80. The molecule has 1 aromatic rings. The molecule has 1 unspecified atom stereocenters. The van der Waals surface area contributed by atoms with E-state index in [0.29, 0.717) is 6.04 Å². The minimum Gasteiger partial charge on any atom is -0.335 e. The van der Waals surface area contributed by atoms with Crippen molar-refractivity contribution in [3.05, 3.63) is 18.7 Å². The van der Waals surface area contributed by atoms with Crippen molar-refractivity contribution < 1.29 is 0 Å². The quantitative estimate of drug-likeness (QED) is 0.732. The molecule has 1 fully saturated rings. The highest BCUT2D eigenvalue weighted by Gasteiger charge is 2.14. The molecule has 2 nitrogen and oxygen atoms in total. The first-order valence-corrected chi connectivity index (χ1v) is 6.33. The molecule has 0 aliphatic heterocycles. The van der Waals surface area contributed by atoms with Gasteiger partial charge in [-0.1, -0.05) is 32.1 Å². The minimum absolute atomic E-state index is 0.620. The number of hydrogen-bond acceptors (Lipinski definition) is 1. The molecule has 15 heavy (non-hydrogen) atoms. The molecule has 0 bridgehead atoms. The average Bonchev–Trinajstić information content (AvgIpc) is 2.81. The van der Waals surface area contributed by atoms with E-state index in [4.69, 9.17) is 0 Å². The Hall–Kier alpha value is -0.790. The second-order valence-electron chi connectivity index (χ2n) is 4.94. The molecule has 84 valence electrons. The summed E-state index contributed by atoms with van der Waals surface area (Å²) in [5, 5.41) is 0. The van der Waals surface area contributed by atoms with Crippen molar-refractivity contribution in [1.82, 2.24) is 9.55 Å². The van der Waals surface area contributed by atoms with Crippen molar-refractivity contribution in [2.45, 2.75) is 57.9 Å². The molecule has 0 aromatic carbocycles. The lowest BCUT2D eigenvalue weighted by molar-refractivity contribution is 0.312. The van der Waals surface area contributed by atoms with Gasteiger partial charge in [0, 0.05) is 18.4 Å². The fourth-order valence-electron chi connectivity index (χ4n) is 2.63. The first-order chi connectivity index (χ1) is 7.36. The summed E-state index contributed by atoms with van der Waals surface area (Å²) in [6, 6.07) is 0.620. The van der Waals surface area contributed by atoms with E-state index >= 15 is 0 Å². The molecule has 0 N–H and O–H groups in total. The zero-order valence-electron chi connectivity index (χ0n) is 9.73. The Kier molecular flexibility index (Phi) is 3.81. The van der Waals surface area contributed by atoms with Crippen LogP contribution < -0.4 is 0 Å². The molecule has 1 saturated carbocycles. The second-order valence-corrected chi connectivity index (χ2v) is 4.94. The van der Waals surface area contributed by atoms with E-state index in [1.54, 1.807) is 0 Å². The van der Waals surface area contributed by atoms with Crippen LogP contribution in [0.2, 0.25) is 0 Å². The largest absolute Gasteiger partial charge is 0.335 e. The molecule has 0 radical (unpaired) electrons. The molecule has 1 atom stereocenters. The van der Waals surface area contributed by atoms with Crippen LogP contribution in [0.1, 0.15) is 57.9 Å². The van der Waals surface area contributed by atoms with Crippen molar-refractivity contribution in [3.63, 3.8) is 0 Å². The van der Waals surface area contributed by atoms with Gasteiger partial charge in [-0.3, -0.25) is 0 Å². The van der Waals surface area contributed by atoms with Gasteiger partial charge < -0.3 is 4.57 Å². The molecule has 1 aliphatic rings. The summed E-state index contributed by atoms with van der Waals surface area (Å²) in [6.45, 7) is 2.30. The monoisotopic (exact) mass is 206 g/mol. The van der Waals surface area contributed by atoms with Gasteiger partial charge >= 0.3 is 0 Å². The van der Waals surface area contributed by atoms with Crippen LogP contribution in [-0.4, -0.2) is 9.55 Å². The normalized spacial score (nSPS) is 20.3. The Balaban J connectivity index is 1.73. The Bertz CT molecular complexity index is 260. The third-order valence-corrected chi connectivity index (χ3v) is 3.75. The standard InChI is InChI=1S/C13H22N2/c1-12(15-10-9-14-11-15)7-8-13-5-3-2-4-6-13/h9-13H,2-8H2,1H3. The Morgan fingerprint density at radius 2 is 2.13 bits per heavy atom. The van der Waals surface area contributed by atoms with Gasteiger partial charge in [-0.25, -0.2) is 4.98 Å². The summed E-state index contributed by atoms with van der Waals surface area (Å²) < 4.78 is 2.23. The van der Waals surface area contributed by atoms with E-state index in [1.807, 2.05) is 12.5 Å². The van der Waals surface area contributed by atoms with Crippen LogP contribution in [0.15, 0.2) is 18.7 Å². The lowest BCUT2D eigenvalue weighted by Gasteiger charge is -2.23. The topological polar surface area (TPSA) is 17.8 Å². The summed E-state index contributed by atoms with van der Waals surface area (Å²) in [4.78, 5) is 4.10. The molecule has 2 heteroatoms. The maximum atomic E-state index is 4.10. The molecule has 2 rings (SSSR count). The summed E-state index contributed by atoms with van der Waals surface area (Å²) in [5.41, 5.74) is 0. The van der Waals surface area contributed by atoms with Gasteiger partial charge in [0.05, 0.1) is 6.33 Å². The van der Waals surface area contributed by atoms with Crippen LogP contribution in [0.25, 0.3) is 0 Å². The van der Waals surface area contributed by atoms with Crippen molar-refractivity contribution >= 4 is 0 Å². The maximum Gasteiger partial charge on any atom is 0.0948 e. The SMILES string of the molecule is CC(CCC1CCCCC1)n1ccnc1. The summed E-state index contributed by atoms with van der Waals surface area (Å²) in [5.74, 6) is 1.00. The van der Waals surface area contributed by atoms with Crippen LogP contribution in [0.3, 0.4) is 0 Å². The number of aromatic nitrogens is 2. The Morgan fingerprint density at radius 1 is 1.33 bits per heavy atom. The number of imidazole rings is 1. The maximum absolute atomic E-state index is 4.10. The highest BCUT2D eigenvalue weighted by atomic mass is 15.0. The first kappa shape index (κ1) is 10.7. The minimum atomic E-state index is 0.620. The van der Waals surface area contributed by atoms with Crippen molar-refractivity contribution in [1.29, 1.82) is 0 Å². The molecule has 0 spiro atoms. The van der Waals surface area contributed by atoms with Gasteiger partial charge in [-0.15, -0.1) is 0 Å². The average molecular weight is 206 g/mol. The summed E-state index contributed by atoms with van der Waals surface area (Å²) >= 11 is 0. The van der Waals surface area contributed by atoms with Gasteiger partial charge in [0.1, 0.15) is 0 Å². The third-order valence-electron chi connectivity index (χ3n) is 3.75. The van der Waals surface area contributed by atoms with Crippen LogP contribution in [0.5, 0.6) is 0 Å². The van der Waals surface area contributed by atoms with E-state index in [-0.39, 0.29) is 0 Å². The van der Waals surface area contributed by atoms with Crippen LogP contribution in [-0.2, 0) is 0 Å². The second kappa shape index (κ2) is 5.34. The van der Waals surface area contributed by atoms with Gasteiger partial charge in [-0.2, -0.15) is 0 Å². The van der Waals surface area contributed by atoms with Crippen LogP contribution >= 0.6 is 0 Å². The molecule has 0 saturated heterocycles. The molecule has 1 aromatic heterocycles. The number of hydrogen-bond donors (Lipinski definition) is 0. The van der Waals surface area contributed by atoms with Gasteiger partial charge in [0.25, 0.3) is 0 Å². The Labute approximate surface area is 92.7 Å². The number of nitrogens with zero attached hydrogens (tertiary/aromatic N) is 2. The predicted molar refractivity (Wildman–Crippen MR) is 62.7 cm³/mol. The molecular weight excluding hydrogens is 184 g/mol. The van der Waals surface area contributed by atoms with E-state index in [9.17, 15) is 0 Å². The highest BCUT2D eigenvalue weighted by molar-refractivity contribution is 4.79. The molecule has 1 aliphatic carbocycles. The summed E-state index contributed by atoms with van der Waals surface area (Å²) in [7, 11) is 0. The van der Waals surface area contributed by atoms with Gasteiger partial charge in [0.2, 0.25) is 0 Å². The van der Waals surface area contributed by atoms with Crippen LogP contribution in [0, 0.1) is 5.92 Å². The fourth-order valence-corrected chi connectivity index (χ4v) is 2.63.